The molecular formula is C14H23NO3. The van der Waals surface area contributed by atoms with Crippen molar-refractivity contribution in [3.8, 4) is 0 Å². The summed E-state index contributed by atoms with van der Waals surface area (Å²) in [6, 6.07) is 0.370. The van der Waals surface area contributed by atoms with Crippen molar-refractivity contribution in [3.05, 3.63) is 12.7 Å². The van der Waals surface area contributed by atoms with Crippen LogP contribution in [0.4, 0.5) is 0 Å². The highest BCUT2D eigenvalue weighted by atomic mass is 16.4. The van der Waals surface area contributed by atoms with Crippen molar-refractivity contribution >= 4 is 11.9 Å². The highest BCUT2D eigenvalue weighted by molar-refractivity contribution is 5.76. The van der Waals surface area contributed by atoms with E-state index in [0.717, 1.165) is 12.8 Å². The second-order valence-corrected chi connectivity index (χ2v) is 4.87. The first-order valence-corrected chi connectivity index (χ1v) is 6.77. The summed E-state index contributed by atoms with van der Waals surface area (Å²) < 4.78 is 0. The Bertz CT molecular complexity index is 295. The molecule has 1 aliphatic carbocycles. The maximum Gasteiger partial charge on any atom is 0.303 e. The molecule has 1 fully saturated rings. The van der Waals surface area contributed by atoms with Crippen molar-refractivity contribution in [1.82, 2.24) is 4.90 Å². The molecule has 0 aromatic carbocycles. The van der Waals surface area contributed by atoms with Gasteiger partial charge in [0.15, 0.2) is 0 Å². The van der Waals surface area contributed by atoms with E-state index in [2.05, 4.69) is 6.58 Å². The van der Waals surface area contributed by atoms with Crippen molar-refractivity contribution in [2.24, 2.45) is 0 Å². The normalized spacial score (nSPS) is 15.6. The van der Waals surface area contributed by atoms with Gasteiger partial charge in [-0.15, -0.1) is 6.58 Å². The number of rotatable bonds is 8. The number of carbonyl (C=O) groups excluding carboxylic acids is 1. The number of carbonyl (C=O) groups is 2. The fourth-order valence-corrected chi connectivity index (χ4v) is 2.51. The van der Waals surface area contributed by atoms with E-state index in [-0.39, 0.29) is 12.3 Å². The van der Waals surface area contributed by atoms with E-state index < -0.39 is 5.97 Å². The Kier molecular flexibility index (Phi) is 6.47. The van der Waals surface area contributed by atoms with Gasteiger partial charge < -0.3 is 10.0 Å². The number of nitrogens with zero attached hydrogens (tertiary/aromatic N) is 1. The first-order chi connectivity index (χ1) is 8.65. The monoisotopic (exact) mass is 253 g/mol. The van der Waals surface area contributed by atoms with Crippen molar-refractivity contribution in [3.63, 3.8) is 0 Å². The number of carboxylic acids is 1. The van der Waals surface area contributed by atoms with Crippen LogP contribution in [-0.2, 0) is 9.59 Å². The molecule has 0 unspecified atom stereocenters. The third kappa shape index (κ3) is 4.90. The highest BCUT2D eigenvalue weighted by Crippen LogP contribution is 2.24. The Morgan fingerprint density at radius 2 is 1.83 bits per heavy atom. The second-order valence-electron chi connectivity index (χ2n) is 4.87. The van der Waals surface area contributed by atoms with Crippen LogP contribution in [-0.4, -0.2) is 34.5 Å². The lowest BCUT2D eigenvalue weighted by Gasteiger charge is -2.28. The molecule has 0 aliphatic heterocycles. The van der Waals surface area contributed by atoms with Gasteiger partial charge in [0.1, 0.15) is 0 Å². The quantitative estimate of drug-likeness (QED) is 0.534. The van der Waals surface area contributed by atoms with Gasteiger partial charge in [-0.05, 0) is 25.7 Å². The molecule has 1 rings (SSSR count). The molecule has 102 valence electrons. The van der Waals surface area contributed by atoms with Gasteiger partial charge >= 0.3 is 5.97 Å². The zero-order valence-electron chi connectivity index (χ0n) is 10.9. The van der Waals surface area contributed by atoms with Crippen molar-refractivity contribution < 1.29 is 14.7 Å². The maximum absolute atomic E-state index is 12.1. The molecule has 0 radical (unpaired) electrons. The van der Waals surface area contributed by atoms with E-state index in [4.69, 9.17) is 5.11 Å². The summed E-state index contributed by atoms with van der Waals surface area (Å²) >= 11 is 0. The Hall–Kier alpha value is -1.32. The van der Waals surface area contributed by atoms with Crippen LogP contribution in [0.15, 0.2) is 12.7 Å². The molecule has 4 heteroatoms. The predicted molar refractivity (Wildman–Crippen MR) is 70.3 cm³/mol. The van der Waals surface area contributed by atoms with Gasteiger partial charge in [-0.25, -0.2) is 0 Å². The average Bonchev–Trinajstić information content (AvgIpc) is 2.84. The Morgan fingerprint density at radius 3 is 2.39 bits per heavy atom. The van der Waals surface area contributed by atoms with Crippen LogP contribution in [0.2, 0.25) is 0 Å². The molecule has 1 aliphatic rings. The molecule has 0 aromatic heterocycles. The standard InChI is InChI=1S/C14H23NO3/c1-2-11-15(12-7-3-4-8-12)13(16)9-5-6-10-14(17)18/h2,12H,1,3-11H2,(H,17,18). The molecule has 4 nitrogen and oxygen atoms in total. The summed E-state index contributed by atoms with van der Waals surface area (Å²) in [6.07, 6.45) is 8.20. The summed E-state index contributed by atoms with van der Waals surface area (Å²) in [5.74, 6) is -0.645. The number of aliphatic carboxylic acids is 1. The molecule has 0 heterocycles. The average molecular weight is 253 g/mol. The Morgan fingerprint density at radius 1 is 1.22 bits per heavy atom. The summed E-state index contributed by atoms with van der Waals surface area (Å²) in [7, 11) is 0. The van der Waals surface area contributed by atoms with Gasteiger partial charge in [-0.3, -0.25) is 9.59 Å². The van der Waals surface area contributed by atoms with Gasteiger partial charge in [0.05, 0.1) is 0 Å². The number of hydrogen-bond donors (Lipinski definition) is 1. The van der Waals surface area contributed by atoms with Crippen LogP contribution in [0.3, 0.4) is 0 Å². The summed E-state index contributed by atoms with van der Waals surface area (Å²) in [5, 5.41) is 8.54. The molecule has 0 atom stereocenters. The first-order valence-electron chi connectivity index (χ1n) is 6.77. The Balaban J connectivity index is 2.34. The zero-order valence-corrected chi connectivity index (χ0v) is 10.9. The molecular weight excluding hydrogens is 230 g/mol. The minimum Gasteiger partial charge on any atom is -0.481 e. The molecule has 0 aromatic rings. The SMILES string of the molecule is C=CCN(C(=O)CCCCC(=O)O)C1CCCC1. The van der Waals surface area contributed by atoms with Gasteiger partial charge in [0.2, 0.25) is 5.91 Å². The van der Waals surface area contributed by atoms with Crippen LogP contribution in [0.5, 0.6) is 0 Å². The van der Waals surface area contributed by atoms with Crippen molar-refractivity contribution in [2.45, 2.75) is 57.4 Å². The number of hydrogen-bond acceptors (Lipinski definition) is 2. The molecule has 18 heavy (non-hydrogen) atoms. The van der Waals surface area contributed by atoms with Crippen molar-refractivity contribution in [1.29, 1.82) is 0 Å². The molecule has 0 spiro atoms. The molecule has 0 bridgehead atoms. The fraction of sp³-hybridized carbons (Fsp3) is 0.714. The summed E-state index contributed by atoms with van der Waals surface area (Å²) in [5.41, 5.74) is 0. The highest BCUT2D eigenvalue weighted by Gasteiger charge is 2.25. The zero-order chi connectivity index (χ0) is 13.4. The largest absolute Gasteiger partial charge is 0.481 e. The van der Waals surface area contributed by atoms with Crippen molar-refractivity contribution in [2.75, 3.05) is 6.54 Å². The summed E-state index contributed by atoms with van der Waals surface area (Å²) in [6.45, 7) is 4.32. The summed E-state index contributed by atoms with van der Waals surface area (Å²) in [4.78, 5) is 24.4. The smallest absolute Gasteiger partial charge is 0.303 e. The van der Waals surface area contributed by atoms with Crippen LogP contribution < -0.4 is 0 Å². The lowest BCUT2D eigenvalue weighted by molar-refractivity contribution is -0.138. The van der Waals surface area contributed by atoms with E-state index in [1.54, 1.807) is 6.08 Å². The third-order valence-corrected chi connectivity index (χ3v) is 3.44. The van der Waals surface area contributed by atoms with E-state index in [9.17, 15) is 9.59 Å². The first kappa shape index (κ1) is 14.7. The maximum atomic E-state index is 12.1. The predicted octanol–water partition coefficient (Wildman–Crippen LogP) is 2.59. The van der Waals surface area contributed by atoms with Crippen LogP contribution in [0, 0.1) is 0 Å². The minimum absolute atomic E-state index is 0.146. The fourth-order valence-electron chi connectivity index (χ4n) is 2.51. The van der Waals surface area contributed by atoms with Gasteiger partial charge in [-0.2, -0.15) is 0 Å². The molecule has 0 saturated heterocycles. The Labute approximate surface area is 109 Å². The van der Waals surface area contributed by atoms with Gasteiger partial charge in [-0.1, -0.05) is 18.9 Å². The third-order valence-electron chi connectivity index (χ3n) is 3.44. The van der Waals surface area contributed by atoms with Gasteiger partial charge in [0, 0.05) is 25.4 Å². The van der Waals surface area contributed by atoms with Crippen LogP contribution in [0.25, 0.3) is 0 Å². The van der Waals surface area contributed by atoms with E-state index >= 15 is 0 Å². The number of carboxylic acid groups (broad SMARTS) is 1. The van der Waals surface area contributed by atoms with E-state index in [1.807, 2.05) is 4.90 Å². The number of unbranched alkanes of at least 4 members (excludes halogenated alkanes) is 1. The van der Waals surface area contributed by atoms with Crippen LogP contribution in [0.1, 0.15) is 51.4 Å². The molecule has 1 N–H and O–H groups in total. The van der Waals surface area contributed by atoms with E-state index in [1.165, 1.54) is 12.8 Å². The lowest BCUT2D eigenvalue weighted by Crippen LogP contribution is -2.38. The second kappa shape index (κ2) is 7.90. The minimum atomic E-state index is -0.791. The number of amides is 1. The van der Waals surface area contributed by atoms with Crippen LogP contribution >= 0.6 is 0 Å². The lowest BCUT2D eigenvalue weighted by atomic mass is 10.1. The molecule has 1 saturated carbocycles. The van der Waals surface area contributed by atoms with Gasteiger partial charge in [0.25, 0.3) is 0 Å². The van der Waals surface area contributed by atoms with E-state index in [0.29, 0.717) is 31.8 Å². The molecule has 1 amide bonds. The topological polar surface area (TPSA) is 57.6 Å².